The molecule has 2 aromatic rings. The SMILES string of the molecule is C[C@]12Cc3cn4ncnc4nc3C[C@@H]1CC[C@H]1[C@H]2CC[C@@]2(C)[C@@H](O)CC[C@@H]12. The Morgan fingerprint density at radius 2 is 1.93 bits per heavy atom. The quantitative estimate of drug-likeness (QED) is 0.776. The zero-order chi connectivity index (χ0) is 18.4. The summed E-state index contributed by atoms with van der Waals surface area (Å²) in [5, 5.41) is 15.0. The second-order valence-electron chi connectivity index (χ2n) is 10.4. The van der Waals surface area contributed by atoms with E-state index in [0.29, 0.717) is 5.41 Å². The molecule has 5 nitrogen and oxygen atoms in total. The van der Waals surface area contributed by atoms with E-state index in [1.165, 1.54) is 43.4 Å². The van der Waals surface area contributed by atoms with Gasteiger partial charge in [0.15, 0.2) is 0 Å². The molecule has 7 atom stereocenters. The van der Waals surface area contributed by atoms with Crippen molar-refractivity contribution in [3.05, 3.63) is 23.8 Å². The summed E-state index contributed by atoms with van der Waals surface area (Å²) in [6.45, 7) is 4.94. The molecule has 0 amide bonds. The minimum Gasteiger partial charge on any atom is -0.393 e. The van der Waals surface area contributed by atoms with Crippen molar-refractivity contribution in [3.8, 4) is 0 Å². The minimum atomic E-state index is -0.0779. The zero-order valence-corrected chi connectivity index (χ0v) is 16.4. The maximum Gasteiger partial charge on any atom is 0.252 e. The molecule has 0 aromatic carbocycles. The Morgan fingerprint density at radius 3 is 2.81 bits per heavy atom. The maximum atomic E-state index is 10.7. The van der Waals surface area contributed by atoms with Crippen molar-refractivity contribution in [2.45, 2.75) is 71.3 Å². The highest BCUT2D eigenvalue weighted by Crippen LogP contribution is 2.65. The lowest BCUT2D eigenvalue weighted by molar-refractivity contribution is -0.111. The fourth-order valence-corrected chi connectivity index (χ4v) is 7.92. The highest BCUT2D eigenvalue weighted by Gasteiger charge is 2.60. The zero-order valence-electron chi connectivity index (χ0n) is 16.4. The van der Waals surface area contributed by atoms with Crippen molar-refractivity contribution in [1.82, 2.24) is 19.6 Å². The molecule has 27 heavy (non-hydrogen) atoms. The Bertz CT molecular complexity index is 909. The summed E-state index contributed by atoms with van der Waals surface area (Å²) in [7, 11) is 0. The van der Waals surface area contributed by atoms with Gasteiger partial charge in [-0.2, -0.15) is 10.1 Å². The van der Waals surface area contributed by atoms with Gasteiger partial charge in [-0.1, -0.05) is 13.8 Å². The Labute approximate surface area is 160 Å². The van der Waals surface area contributed by atoms with Gasteiger partial charge in [0.05, 0.1) is 6.10 Å². The molecule has 5 heteroatoms. The van der Waals surface area contributed by atoms with Crippen LogP contribution in [0.3, 0.4) is 0 Å². The summed E-state index contributed by atoms with van der Waals surface area (Å²) in [4.78, 5) is 9.11. The van der Waals surface area contributed by atoms with Gasteiger partial charge < -0.3 is 5.11 Å². The van der Waals surface area contributed by atoms with Crippen LogP contribution in [0, 0.1) is 34.5 Å². The van der Waals surface area contributed by atoms with Crippen LogP contribution in [0.4, 0.5) is 0 Å². The highest BCUT2D eigenvalue weighted by molar-refractivity contribution is 5.34. The number of aromatic nitrogens is 4. The van der Waals surface area contributed by atoms with Crippen molar-refractivity contribution in [1.29, 1.82) is 0 Å². The number of aliphatic hydroxyl groups excluding tert-OH is 1. The third-order valence-electron chi connectivity index (χ3n) is 9.46. The molecule has 1 N–H and O–H groups in total. The molecule has 0 unspecified atom stereocenters. The average molecular weight is 367 g/mol. The number of aliphatic hydroxyl groups is 1. The number of nitrogens with zero attached hydrogens (tertiary/aromatic N) is 4. The summed E-state index contributed by atoms with van der Waals surface area (Å²) in [6, 6.07) is 0. The highest BCUT2D eigenvalue weighted by atomic mass is 16.3. The largest absolute Gasteiger partial charge is 0.393 e. The van der Waals surface area contributed by atoms with E-state index in [1.807, 2.05) is 4.52 Å². The van der Waals surface area contributed by atoms with E-state index in [1.54, 1.807) is 6.33 Å². The van der Waals surface area contributed by atoms with Crippen LogP contribution < -0.4 is 0 Å². The Hall–Kier alpha value is -1.49. The molecular formula is C22H30N4O. The summed E-state index contributed by atoms with van der Waals surface area (Å²) >= 11 is 0. The van der Waals surface area contributed by atoms with Gasteiger partial charge in [0.2, 0.25) is 0 Å². The number of rotatable bonds is 0. The van der Waals surface area contributed by atoms with Crippen LogP contribution in [0.25, 0.3) is 5.78 Å². The smallest absolute Gasteiger partial charge is 0.252 e. The van der Waals surface area contributed by atoms with Crippen LogP contribution in [-0.2, 0) is 12.8 Å². The fraction of sp³-hybridized carbons (Fsp3) is 0.773. The molecule has 0 saturated heterocycles. The van der Waals surface area contributed by atoms with Gasteiger partial charge in [-0.3, -0.25) is 0 Å². The van der Waals surface area contributed by atoms with E-state index >= 15 is 0 Å². The third kappa shape index (κ3) is 2.07. The monoisotopic (exact) mass is 366 g/mol. The predicted octanol–water partition coefficient (Wildman–Crippen LogP) is 3.44. The normalized spacial score (nSPS) is 45.8. The predicted molar refractivity (Wildman–Crippen MR) is 102 cm³/mol. The lowest BCUT2D eigenvalue weighted by atomic mass is 9.45. The molecule has 4 aliphatic rings. The average Bonchev–Trinajstić information content (AvgIpc) is 3.21. The number of fused-ring (bicyclic) bond motifs is 7. The van der Waals surface area contributed by atoms with Gasteiger partial charge in [-0.25, -0.2) is 9.50 Å². The molecular weight excluding hydrogens is 336 g/mol. The Morgan fingerprint density at radius 1 is 1.07 bits per heavy atom. The van der Waals surface area contributed by atoms with Crippen molar-refractivity contribution in [2.24, 2.45) is 34.5 Å². The Kier molecular flexibility index (Phi) is 3.24. The van der Waals surface area contributed by atoms with E-state index in [2.05, 4.69) is 30.1 Å². The van der Waals surface area contributed by atoms with E-state index in [0.717, 1.165) is 48.7 Å². The summed E-state index contributed by atoms with van der Waals surface area (Å²) in [5.74, 6) is 3.78. The van der Waals surface area contributed by atoms with Crippen molar-refractivity contribution in [2.75, 3.05) is 0 Å². The first-order valence-electron chi connectivity index (χ1n) is 10.9. The van der Waals surface area contributed by atoms with Gasteiger partial charge in [0.1, 0.15) is 6.33 Å². The first-order chi connectivity index (χ1) is 13.0. The van der Waals surface area contributed by atoms with Crippen molar-refractivity contribution >= 4 is 5.78 Å². The fourth-order valence-electron chi connectivity index (χ4n) is 7.92. The third-order valence-corrected chi connectivity index (χ3v) is 9.46. The van der Waals surface area contributed by atoms with Crippen LogP contribution >= 0.6 is 0 Å². The lowest BCUT2D eigenvalue weighted by Crippen LogP contribution is -2.54. The van der Waals surface area contributed by atoms with Gasteiger partial charge in [0.25, 0.3) is 5.78 Å². The standard InChI is InChI=1S/C22H30N4O/c1-21-8-7-17-15(16(21)5-6-19(21)27)4-3-14-9-18-13(10-22(14,17)2)11-26-20(25-18)23-12-24-26/h11-12,14-17,19,27H,3-10H2,1-2H3/t14-,15+,16-,17+,19-,21+,22-/m0/s1. The van der Waals surface area contributed by atoms with Gasteiger partial charge in [-0.15, -0.1) is 0 Å². The van der Waals surface area contributed by atoms with Crippen molar-refractivity contribution < 1.29 is 5.11 Å². The van der Waals surface area contributed by atoms with E-state index in [9.17, 15) is 5.11 Å². The molecule has 0 aliphatic heterocycles. The Balaban J connectivity index is 1.38. The molecule has 0 radical (unpaired) electrons. The molecule has 6 rings (SSSR count). The molecule has 0 spiro atoms. The first kappa shape index (κ1) is 16.5. The molecule has 2 aromatic heterocycles. The molecule has 4 aliphatic carbocycles. The summed E-state index contributed by atoms with van der Waals surface area (Å²) < 4.78 is 1.84. The van der Waals surface area contributed by atoms with Crippen LogP contribution in [0.15, 0.2) is 12.5 Å². The summed E-state index contributed by atoms with van der Waals surface area (Å²) in [5.41, 5.74) is 3.17. The lowest BCUT2D eigenvalue weighted by Gasteiger charge is -2.60. The number of hydrogen-bond donors (Lipinski definition) is 1. The van der Waals surface area contributed by atoms with E-state index in [-0.39, 0.29) is 11.5 Å². The molecule has 3 fully saturated rings. The first-order valence-corrected chi connectivity index (χ1v) is 10.9. The van der Waals surface area contributed by atoms with Gasteiger partial charge in [0, 0.05) is 11.9 Å². The van der Waals surface area contributed by atoms with E-state index in [4.69, 9.17) is 4.98 Å². The van der Waals surface area contributed by atoms with Crippen molar-refractivity contribution in [3.63, 3.8) is 0 Å². The second-order valence-corrected chi connectivity index (χ2v) is 10.4. The molecule has 3 saturated carbocycles. The maximum absolute atomic E-state index is 10.7. The summed E-state index contributed by atoms with van der Waals surface area (Å²) in [6.07, 6.45) is 13.3. The second kappa shape index (κ2) is 5.31. The topological polar surface area (TPSA) is 63.3 Å². The van der Waals surface area contributed by atoms with Crippen LogP contribution in [0.5, 0.6) is 0 Å². The molecule has 144 valence electrons. The van der Waals surface area contributed by atoms with E-state index < -0.39 is 0 Å². The van der Waals surface area contributed by atoms with Crippen LogP contribution in [-0.4, -0.2) is 30.8 Å². The van der Waals surface area contributed by atoms with Gasteiger partial charge >= 0.3 is 0 Å². The van der Waals surface area contributed by atoms with Crippen LogP contribution in [0.1, 0.15) is 63.6 Å². The van der Waals surface area contributed by atoms with Gasteiger partial charge in [-0.05, 0) is 91.4 Å². The van der Waals surface area contributed by atoms with Crippen LogP contribution in [0.2, 0.25) is 0 Å². The number of hydrogen-bond acceptors (Lipinski definition) is 4. The molecule has 2 heterocycles. The molecule has 0 bridgehead atoms. The minimum absolute atomic E-state index is 0.0779.